The van der Waals surface area contributed by atoms with E-state index in [9.17, 15) is 9.59 Å². The molecule has 1 fully saturated rings. The topological polar surface area (TPSA) is 102 Å². The molecule has 2 aromatic heterocycles. The molecule has 2 N–H and O–H groups in total. The highest BCUT2D eigenvalue weighted by Crippen LogP contribution is 2.28. The molecule has 3 heterocycles. The number of para-hydroxylation sites is 2. The maximum Gasteiger partial charge on any atom is 0.239 e. The zero-order valence-corrected chi connectivity index (χ0v) is 23.5. The molecule has 0 bridgehead atoms. The number of pyridine rings is 2. The monoisotopic (exact) mass is 560 g/mol. The smallest absolute Gasteiger partial charge is 0.239 e. The second-order valence-electron chi connectivity index (χ2n) is 10.9. The normalized spacial score (nSPS) is 16.8. The molecule has 6 rings (SSSR count). The Labute approximate surface area is 244 Å². The number of rotatable bonds is 9. The van der Waals surface area contributed by atoms with Crippen LogP contribution in [0, 0.1) is 0 Å². The number of hydrogen-bond donors (Lipinski definition) is 2. The van der Waals surface area contributed by atoms with E-state index in [1.54, 1.807) is 18.5 Å². The minimum atomic E-state index is -1.04. The van der Waals surface area contributed by atoms with Crippen molar-refractivity contribution in [2.75, 3.05) is 23.8 Å². The predicted octanol–water partition coefficient (Wildman–Crippen LogP) is 5.88. The third-order valence-corrected chi connectivity index (χ3v) is 7.40. The van der Waals surface area contributed by atoms with E-state index in [1.165, 1.54) is 0 Å². The number of Topliss-reactive ketones (excluding diaryl/α,β-unsaturated/α-hetero) is 1. The van der Waals surface area contributed by atoms with E-state index in [-0.39, 0.29) is 18.3 Å². The number of ether oxygens (including phenoxy) is 2. The van der Waals surface area contributed by atoms with Crippen molar-refractivity contribution >= 4 is 44.9 Å². The lowest BCUT2D eigenvalue weighted by Crippen LogP contribution is -2.29. The number of ketones is 1. The van der Waals surface area contributed by atoms with Gasteiger partial charge < -0.3 is 20.1 Å². The van der Waals surface area contributed by atoms with Crippen molar-refractivity contribution in [3.05, 3.63) is 108 Å². The molecule has 8 heteroatoms. The summed E-state index contributed by atoms with van der Waals surface area (Å²) in [5.74, 6) is -2.26. The molecule has 42 heavy (non-hydrogen) atoms. The van der Waals surface area contributed by atoms with Crippen LogP contribution < -0.4 is 10.6 Å². The first-order valence-corrected chi connectivity index (χ1v) is 14.0. The Morgan fingerprint density at radius 3 is 2.26 bits per heavy atom. The van der Waals surface area contributed by atoms with E-state index in [1.807, 2.05) is 92.7 Å². The minimum absolute atomic E-state index is 0.0645. The summed E-state index contributed by atoms with van der Waals surface area (Å²) in [4.78, 5) is 36.8. The van der Waals surface area contributed by atoms with Gasteiger partial charge in [-0.1, -0.05) is 54.6 Å². The van der Waals surface area contributed by atoms with Crippen LogP contribution in [0.15, 0.2) is 97.3 Å². The van der Waals surface area contributed by atoms with Gasteiger partial charge in [-0.15, -0.1) is 0 Å². The van der Waals surface area contributed by atoms with E-state index < -0.39 is 17.6 Å². The Morgan fingerprint density at radius 2 is 1.55 bits per heavy atom. The Hall–Kier alpha value is -4.66. The fourth-order valence-electron chi connectivity index (χ4n) is 5.38. The lowest BCUT2D eigenvalue weighted by molar-refractivity contribution is -0.136. The van der Waals surface area contributed by atoms with Crippen molar-refractivity contribution in [3.63, 3.8) is 0 Å². The summed E-state index contributed by atoms with van der Waals surface area (Å²) < 4.78 is 11.5. The van der Waals surface area contributed by atoms with Gasteiger partial charge in [0.05, 0.1) is 23.3 Å². The van der Waals surface area contributed by atoms with Crippen molar-refractivity contribution in [1.29, 1.82) is 0 Å². The molecule has 1 aliphatic heterocycles. The van der Waals surface area contributed by atoms with Gasteiger partial charge in [0.1, 0.15) is 12.0 Å². The summed E-state index contributed by atoms with van der Waals surface area (Å²) >= 11 is 0. The highest BCUT2D eigenvalue weighted by molar-refractivity contribution is 6.14. The van der Waals surface area contributed by atoms with Crippen LogP contribution >= 0.6 is 0 Å². The molecule has 1 aliphatic rings. The van der Waals surface area contributed by atoms with E-state index in [4.69, 9.17) is 9.47 Å². The van der Waals surface area contributed by atoms with Crippen LogP contribution in [0.4, 0.5) is 11.4 Å². The number of fused-ring (bicyclic) bond motifs is 2. The zero-order valence-electron chi connectivity index (χ0n) is 23.5. The van der Waals surface area contributed by atoms with Crippen molar-refractivity contribution < 1.29 is 19.1 Å². The van der Waals surface area contributed by atoms with Gasteiger partial charge >= 0.3 is 0 Å². The second kappa shape index (κ2) is 11.7. The van der Waals surface area contributed by atoms with Gasteiger partial charge in [-0.05, 0) is 55.3 Å². The summed E-state index contributed by atoms with van der Waals surface area (Å²) in [7, 11) is 0. The number of hydrogen-bond acceptors (Lipinski definition) is 7. The molecular weight excluding hydrogens is 528 g/mol. The molecule has 2 atom stereocenters. The van der Waals surface area contributed by atoms with Crippen molar-refractivity contribution in [2.45, 2.75) is 38.1 Å². The van der Waals surface area contributed by atoms with Crippen molar-refractivity contribution in [1.82, 2.24) is 9.97 Å². The van der Waals surface area contributed by atoms with Crippen molar-refractivity contribution in [3.8, 4) is 0 Å². The summed E-state index contributed by atoms with van der Waals surface area (Å²) in [5.41, 5.74) is 4.22. The van der Waals surface area contributed by atoms with Crippen LogP contribution in [0.5, 0.6) is 0 Å². The first kappa shape index (κ1) is 27.5. The fourth-order valence-corrected chi connectivity index (χ4v) is 5.38. The van der Waals surface area contributed by atoms with Gasteiger partial charge in [0.25, 0.3) is 0 Å². The maximum atomic E-state index is 13.9. The standard InChI is InChI=1S/C34H32N4O4/c1-34(2)41-21-27(42-34)20-37-26-15-13-22(14-16-26)30(29(39)19-25-9-3-7-23-10-5-17-35-31(23)25)33(40)38-28-12-4-8-24-11-6-18-36-32(24)28/h3-18,27,30,37H,19-21H2,1-2H3,(H,38,40)/t27-,30?/m1/s1. The number of aromatic nitrogens is 2. The number of nitrogens with zero attached hydrogens (tertiary/aromatic N) is 2. The first-order chi connectivity index (χ1) is 20.4. The first-order valence-electron chi connectivity index (χ1n) is 14.0. The number of carbonyl (C=O) groups excluding carboxylic acids is 2. The number of anilines is 2. The average Bonchev–Trinajstić information content (AvgIpc) is 3.35. The Kier molecular flexibility index (Phi) is 7.65. The molecule has 0 aliphatic carbocycles. The SMILES string of the molecule is CC1(C)OC[C@@H](CNc2ccc(C(C(=O)Cc3cccc4cccnc34)C(=O)Nc3cccc4cccnc34)cc2)O1. The number of carbonyl (C=O) groups is 2. The van der Waals surface area contributed by atoms with Crippen LogP contribution in [0.1, 0.15) is 30.9 Å². The largest absolute Gasteiger partial charge is 0.382 e. The molecule has 0 spiro atoms. The molecule has 0 saturated carbocycles. The molecule has 1 saturated heterocycles. The van der Waals surface area contributed by atoms with Crippen LogP contribution in [-0.4, -0.2) is 46.7 Å². The Morgan fingerprint density at radius 1 is 0.881 bits per heavy atom. The second-order valence-corrected chi connectivity index (χ2v) is 10.9. The van der Waals surface area contributed by atoms with Crippen LogP contribution in [0.3, 0.4) is 0 Å². The summed E-state index contributed by atoms with van der Waals surface area (Å²) in [6, 6.07) is 26.4. The van der Waals surface area contributed by atoms with Crippen LogP contribution in [0.25, 0.3) is 21.8 Å². The molecule has 8 nitrogen and oxygen atoms in total. The van der Waals surface area contributed by atoms with E-state index in [2.05, 4.69) is 20.6 Å². The van der Waals surface area contributed by atoms with E-state index in [0.29, 0.717) is 29.9 Å². The number of benzene rings is 3. The van der Waals surface area contributed by atoms with Gasteiger partial charge in [-0.2, -0.15) is 0 Å². The van der Waals surface area contributed by atoms with Gasteiger partial charge in [0.2, 0.25) is 5.91 Å². The molecule has 3 aromatic carbocycles. The van der Waals surface area contributed by atoms with Crippen LogP contribution in [-0.2, 0) is 25.5 Å². The van der Waals surface area contributed by atoms with Gasteiger partial charge in [0, 0.05) is 41.8 Å². The highest BCUT2D eigenvalue weighted by Gasteiger charge is 2.32. The zero-order chi connectivity index (χ0) is 29.1. The minimum Gasteiger partial charge on any atom is -0.382 e. The van der Waals surface area contributed by atoms with Gasteiger partial charge in [-0.25, -0.2) is 0 Å². The quantitative estimate of drug-likeness (QED) is 0.217. The number of amides is 1. The summed E-state index contributed by atoms with van der Waals surface area (Å²) in [6.07, 6.45) is 3.39. The fraction of sp³-hybridized carbons (Fsp3) is 0.235. The van der Waals surface area contributed by atoms with E-state index in [0.717, 1.165) is 27.5 Å². The molecule has 0 radical (unpaired) electrons. The maximum absolute atomic E-state index is 13.9. The van der Waals surface area contributed by atoms with Crippen molar-refractivity contribution in [2.24, 2.45) is 0 Å². The Balaban J connectivity index is 1.27. The van der Waals surface area contributed by atoms with E-state index >= 15 is 0 Å². The van der Waals surface area contributed by atoms with Crippen LogP contribution in [0.2, 0.25) is 0 Å². The van der Waals surface area contributed by atoms with Gasteiger partial charge in [-0.3, -0.25) is 19.6 Å². The lowest BCUT2D eigenvalue weighted by Gasteiger charge is -2.19. The molecule has 212 valence electrons. The number of nitrogens with one attached hydrogen (secondary N) is 2. The Bertz CT molecular complexity index is 1650. The summed E-state index contributed by atoms with van der Waals surface area (Å²) in [5, 5.41) is 8.19. The molecular formula is C34H32N4O4. The third-order valence-electron chi connectivity index (χ3n) is 7.40. The highest BCUT2D eigenvalue weighted by atomic mass is 16.7. The third kappa shape index (κ3) is 6.00. The lowest BCUT2D eigenvalue weighted by atomic mass is 9.89. The van der Waals surface area contributed by atoms with Gasteiger partial charge in [0.15, 0.2) is 11.6 Å². The molecule has 1 amide bonds. The average molecular weight is 561 g/mol. The molecule has 1 unspecified atom stereocenters. The predicted molar refractivity (Wildman–Crippen MR) is 163 cm³/mol. The summed E-state index contributed by atoms with van der Waals surface area (Å²) in [6.45, 7) is 4.88. The molecule has 5 aromatic rings.